The molecule has 1 fully saturated rings. The van der Waals surface area contributed by atoms with Crippen LogP contribution in [0.2, 0.25) is 0 Å². The van der Waals surface area contributed by atoms with E-state index < -0.39 is 0 Å². The minimum atomic E-state index is -0.335. The molecule has 0 aromatic heterocycles. The van der Waals surface area contributed by atoms with Gasteiger partial charge >= 0.3 is 0 Å². The van der Waals surface area contributed by atoms with Crippen LogP contribution in [0.3, 0.4) is 0 Å². The maximum Gasteiger partial charge on any atom is 0.105 e. The van der Waals surface area contributed by atoms with Crippen LogP contribution in [0.1, 0.15) is 19.8 Å². The summed E-state index contributed by atoms with van der Waals surface area (Å²) in [6.45, 7) is 2.63. The van der Waals surface area contributed by atoms with Crippen LogP contribution in [0.15, 0.2) is 0 Å². The van der Waals surface area contributed by atoms with Crippen molar-refractivity contribution < 1.29 is 5.11 Å². The molecule has 1 heterocycles. The Balaban J connectivity index is 2.45. The van der Waals surface area contributed by atoms with E-state index in [0.29, 0.717) is 6.54 Å². The number of nitrogens with one attached hydrogen (secondary N) is 1. The van der Waals surface area contributed by atoms with E-state index >= 15 is 0 Å². The van der Waals surface area contributed by atoms with E-state index in [1.165, 1.54) is 0 Å². The molecule has 1 rings (SSSR count). The van der Waals surface area contributed by atoms with Crippen LogP contribution in [0.5, 0.6) is 0 Å². The highest BCUT2D eigenvalue weighted by atomic mass is 16.3. The quantitative estimate of drug-likeness (QED) is 0.444. The van der Waals surface area contributed by atoms with E-state index in [2.05, 4.69) is 5.32 Å². The van der Waals surface area contributed by atoms with Gasteiger partial charge in [0.25, 0.3) is 0 Å². The van der Waals surface area contributed by atoms with Crippen molar-refractivity contribution in [3.63, 3.8) is 0 Å². The number of hydrogen-bond acceptors (Lipinski definition) is 3. The topological polar surface area (TPSA) is 58.3 Å². The first-order valence-electron chi connectivity index (χ1n) is 3.32. The van der Waals surface area contributed by atoms with Crippen LogP contribution in [0, 0.1) is 0 Å². The molecule has 0 aromatic carbocycles. The van der Waals surface area contributed by atoms with Crippen molar-refractivity contribution in [3.05, 3.63) is 0 Å². The molecule has 2 unspecified atom stereocenters. The second-order valence-electron chi connectivity index (χ2n) is 2.96. The summed E-state index contributed by atoms with van der Waals surface area (Å²) in [5.74, 6) is 0. The van der Waals surface area contributed by atoms with Gasteiger partial charge < -0.3 is 10.8 Å². The van der Waals surface area contributed by atoms with E-state index in [1.54, 1.807) is 0 Å². The van der Waals surface area contributed by atoms with Gasteiger partial charge in [0.05, 0.1) is 0 Å². The van der Waals surface area contributed by atoms with Crippen molar-refractivity contribution >= 4 is 0 Å². The summed E-state index contributed by atoms with van der Waals surface area (Å²) in [5.41, 5.74) is 5.44. The number of hydrogen-bond donors (Lipinski definition) is 3. The maximum absolute atomic E-state index is 9.03. The van der Waals surface area contributed by atoms with Crippen molar-refractivity contribution in [1.29, 1.82) is 0 Å². The first kappa shape index (κ1) is 6.99. The minimum absolute atomic E-state index is 0.0145. The molecule has 4 N–H and O–H groups in total. The van der Waals surface area contributed by atoms with Gasteiger partial charge in [0.2, 0.25) is 0 Å². The Kier molecular flexibility index (Phi) is 1.75. The van der Waals surface area contributed by atoms with Crippen LogP contribution >= 0.6 is 0 Å². The standard InChI is InChI=1S/C6H14N2O/c1-6(4-7)3-2-5(9)8-6/h5,8-9H,2-4,7H2,1H3. The van der Waals surface area contributed by atoms with Gasteiger partial charge in [-0.05, 0) is 19.8 Å². The molecule has 1 saturated heterocycles. The zero-order valence-corrected chi connectivity index (χ0v) is 5.72. The van der Waals surface area contributed by atoms with Crippen molar-refractivity contribution in [2.45, 2.75) is 31.5 Å². The molecule has 3 heteroatoms. The molecule has 1 aliphatic heterocycles. The SMILES string of the molecule is CC1(CN)CCC(O)N1. The van der Waals surface area contributed by atoms with Gasteiger partial charge in [0, 0.05) is 12.1 Å². The second-order valence-corrected chi connectivity index (χ2v) is 2.96. The molecule has 0 bridgehead atoms. The Labute approximate surface area is 55.2 Å². The van der Waals surface area contributed by atoms with Gasteiger partial charge in [0.1, 0.15) is 6.23 Å². The molecule has 0 radical (unpaired) electrons. The minimum Gasteiger partial charge on any atom is -0.379 e. The first-order chi connectivity index (χ1) is 4.16. The molecule has 0 aromatic rings. The van der Waals surface area contributed by atoms with Crippen molar-refractivity contribution in [1.82, 2.24) is 5.32 Å². The normalized spacial score (nSPS) is 43.7. The Morgan fingerprint density at radius 1 is 1.89 bits per heavy atom. The molecular formula is C6H14N2O. The van der Waals surface area contributed by atoms with Gasteiger partial charge in [0.15, 0.2) is 0 Å². The largest absolute Gasteiger partial charge is 0.379 e. The fourth-order valence-electron chi connectivity index (χ4n) is 1.16. The second kappa shape index (κ2) is 2.25. The van der Waals surface area contributed by atoms with Crippen LogP contribution in [-0.4, -0.2) is 23.4 Å². The molecule has 2 atom stereocenters. The van der Waals surface area contributed by atoms with Crippen LogP contribution in [0.4, 0.5) is 0 Å². The van der Waals surface area contributed by atoms with Crippen LogP contribution < -0.4 is 11.1 Å². The molecule has 0 amide bonds. The number of aliphatic hydroxyl groups excluding tert-OH is 1. The monoisotopic (exact) mass is 130 g/mol. The van der Waals surface area contributed by atoms with Gasteiger partial charge in [-0.15, -0.1) is 0 Å². The summed E-state index contributed by atoms with van der Waals surface area (Å²) >= 11 is 0. The third-order valence-electron chi connectivity index (χ3n) is 1.94. The van der Waals surface area contributed by atoms with E-state index in [4.69, 9.17) is 10.8 Å². The van der Waals surface area contributed by atoms with Gasteiger partial charge in [-0.3, -0.25) is 5.32 Å². The summed E-state index contributed by atoms with van der Waals surface area (Å²) in [6, 6.07) is 0. The van der Waals surface area contributed by atoms with Crippen molar-refractivity contribution in [2.24, 2.45) is 5.73 Å². The predicted octanol–water partition coefficient (Wildman–Crippen LogP) is -0.594. The number of rotatable bonds is 1. The molecule has 1 aliphatic rings. The van der Waals surface area contributed by atoms with Gasteiger partial charge in [-0.2, -0.15) is 0 Å². The lowest BCUT2D eigenvalue weighted by Crippen LogP contribution is -2.46. The third-order valence-corrected chi connectivity index (χ3v) is 1.94. The lowest BCUT2D eigenvalue weighted by atomic mass is 10.0. The third kappa shape index (κ3) is 1.41. The number of aliphatic hydroxyl groups is 1. The Hall–Kier alpha value is -0.120. The maximum atomic E-state index is 9.03. The Morgan fingerprint density at radius 2 is 2.56 bits per heavy atom. The Morgan fingerprint density at radius 3 is 2.78 bits per heavy atom. The van der Waals surface area contributed by atoms with Crippen molar-refractivity contribution in [3.8, 4) is 0 Å². The first-order valence-corrected chi connectivity index (χ1v) is 3.32. The highest BCUT2D eigenvalue weighted by Gasteiger charge is 2.31. The fraction of sp³-hybridized carbons (Fsp3) is 1.00. The zero-order valence-electron chi connectivity index (χ0n) is 5.72. The lowest BCUT2D eigenvalue weighted by Gasteiger charge is -2.21. The summed E-state index contributed by atoms with van der Waals surface area (Å²) in [5, 5.41) is 12.0. The van der Waals surface area contributed by atoms with Crippen LogP contribution in [-0.2, 0) is 0 Å². The predicted molar refractivity (Wildman–Crippen MR) is 35.8 cm³/mol. The average molecular weight is 130 g/mol. The lowest BCUT2D eigenvalue weighted by molar-refractivity contribution is 0.144. The smallest absolute Gasteiger partial charge is 0.105 e. The summed E-state index contributed by atoms with van der Waals surface area (Å²) < 4.78 is 0. The Bertz CT molecular complexity index is 107. The molecular weight excluding hydrogens is 116 g/mol. The summed E-state index contributed by atoms with van der Waals surface area (Å²) in [7, 11) is 0. The highest BCUT2D eigenvalue weighted by molar-refractivity contribution is 4.91. The molecule has 3 nitrogen and oxygen atoms in total. The molecule has 0 saturated carbocycles. The van der Waals surface area contributed by atoms with E-state index in [0.717, 1.165) is 12.8 Å². The molecule has 0 aliphatic carbocycles. The van der Waals surface area contributed by atoms with E-state index in [9.17, 15) is 0 Å². The molecule has 9 heavy (non-hydrogen) atoms. The van der Waals surface area contributed by atoms with E-state index in [1.807, 2.05) is 6.92 Å². The van der Waals surface area contributed by atoms with Crippen LogP contribution in [0.25, 0.3) is 0 Å². The molecule has 0 spiro atoms. The van der Waals surface area contributed by atoms with Gasteiger partial charge in [-0.25, -0.2) is 0 Å². The summed E-state index contributed by atoms with van der Waals surface area (Å²) in [6.07, 6.45) is 1.47. The van der Waals surface area contributed by atoms with Gasteiger partial charge in [-0.1, -0.05) is 0 Å². The van der Waals surface area contributed by atoms with Crippen molar-refractivity contribution in [2.75, 3.05) is 6.54 Å². The zero-order chi connectivity index (χ0) is 6.91. The van der Waals surface area contributed by atoms with E-state index in [-0.39, 0.29) is 11.8 Å². The average Bonchev–Trinajstić information content (AvgIpc) is 2.13. The number of nitrogens with two attached hydrogens (primary N) is 1. The molecule has 54 valence electrons. The highest BCUT2D eigenvalue weighted by Crippen LogP contribution is 2.19. The fourth-order valence-corrected chi connectivity index (χ4v) is 1.16. The summed E-state index contributed by atoms with van der Waals surface area (Å²) in [4.78, 5) is 0.